The second kappa shape index (κ2) is 19.8. The zero-order chi connectivity index (χ0) is 30.7. The van der Waals surface area contributed by atoms with E-state index in [9.17, 15) is 9.59 Å². The van der Waals surface area contributed by atoms with Crippen molar-refractivity contribution in [2.24, 2.45) is 5.10 Å². The second-order valence-corrected chi connectivity index (χ2v) is 11.5. The minimum absolute atomic E-state index is 0.143. The molecule has 0 aromatic heterocycles. The first-order valence-corrected chi connectivity index (χ1v) is 16.7. The third-order valence-corrected chi connectivity index (χ3v) is 7.85. The van der Waals surface area contributed by atoms with Crippen LogP contribution < -0.4 is 15.1 Å². The summed E-state index contributed by atoms with van der Waals surface area (Å²) in [6, 6.07) is 15.2. The van der Waals surface area contributed by atoms with Crippen molar-refractivity contribution >= 4 is 29.1 Å². The number of anilines is 2. The number of nitrogens with zero attached hydrogens (tertiary/aromatic N) is 2. The maximum absolute atomic E-state index is 13.0. The topological polar surface area (TPSA) is 80.2 Å². The van der Waals surface area contributed by atoms with E-state index in [2.05, 4.69) is 29.5 Å². The number of unbranched alkanes of at least 4 members (excludes halogenated alkanes) is 12. The third-order valence-electron chi connectivity index (χ3n) is 7.85. The van der Waals surface area contributed by atoms with Gasteiger partial charge in [0.15, 0.2) is 6.10 Å². The molecule has 1 aliphatic rings. The highest BCUT2D eigenvalue weighted by Crippen LogP contribution is 2.24. The van der Waals surface area contributed by atoms with Gasteiger partial charge in [-0.2, -0.15) is 5.01 Å². The van der Waals surface area contributed by atoms with Gasteiger partial charge in [0.2, 0.25) is 5.90 Å². The summed E-state index contributed by atoms with van der Waals surface area (Å²) in [4.78, 5) is 25.3. The van der Waals surface area contributed by atoms with Gasteiger partial charge < -0.3 is 14.8 Å². The monoisotopic (exact) mass is 591 g/mol. The number of amides is 2. The van der Waals surface area contributed by atoms with E-state index in [1.165, 1.54) is 94.0 Å². The maximum Gasteiger partial charge on any atom is 0.265 e. The molecule has 1 unspecified atom stereocenters. The summed E-state index contributed by atoms with van der Waals surface area (Å²) in [5.74, 6) is 0.795. The molecule has 43 heavy (non-hydrogen) atoms. The Hall–Kier alpha value is -3.35. The normalized spacial score (nSPS) is 13.6. The Balaban J connectivity index is 1.35. The predicted octanol–water partition coefficient (Wildman–Crippen LogP) is 9.20. The Morgan fingerprint density at radius 2 is 1.49 bits per heavy atom. The highest BCUT2D eigenvalue weighted by molar-refractivity contribution is 6.10. The van der Waals surface area contributed by atoms with Crippen LogP contribution in [0.15, 0.2) is 53.6 Å². The number of carbonyl (C=O) groups excluding carboxylic acids is 2. The molecule has 1 atom stereocenters. The molecule has 1 heterocycles. The van der Waals surface area contributed by atoms with Crippen molar-refractivity contribution in [1.29, 1.82) is 0 Å². The van der Waals surface area contributed by atoms with Gasteiger partial charge in [-0.25, -0.2) is 0 Å². The first kappa shape index (κ1) is 34.1. The minimum atomic E-state index is -0.607. The zero-order valence-corrected chi connectivity index (χ0v) is 26.7. The number of ether oxygens (including phenoxy) is 2. The molecule has 0 saturated carbocycles. The van der Waals surface area contributed by atoms with E-state index in [0.29, 0.717) is 30.3 Å². The van der Waals surface area contributed by atoms with Gasteiger partial charge in [0, 0.05) is 5.69 Å². The van der Waals surface area contributed by atoms with Crippen molar-refractivity contribution < 1.29 is 19.1 Å². The Kier molecular flexibility index (Phi) is 15.7. The molecule has 1 N–H and O–H groups in total. The zero-order valence-electron chi connectivity index (χ0n) is 26.7. The summed E-state index contributed by atoms with van der Waals surface area (Å²) >= 11 is 0. The van der Waals surface area contributed by atoms with E-state index in [1.807, 2.05) is 26.0 Å². The van der Waals surface area contributed by atoms with Gasteiger partial charge in [0.1, 0.15) is 12.2 Å². The largest absolute Gasteiger partial charge is 0.481 e. The fourth-order valence-corrected chi connectivity index (χ4v) is 5.37. The van der Waals surface area contributed by atoms with Crippen LogP contribution in [-0.2, 0) is 20.7 Å². The van der Waals surface area contributed by atoms with Gasteiger partial charge in [-0.05, 0) is 68.1 Å². The van der Waals surface area contributed by atoms with Crippen molar-refractivity contribution in [1.82, 2.24) is 0 Å². The van der Waals surface area contributed by atoms with E-state index >= 15 is 0 Å². The van der Waals surface area contributed by atoms with E-state index in [-0.39, 0.29) is 18.2 Å². The molecular weight excluding hydrogens is 538 g/mol. The van der Waals surface area contributed by atoms with Crippen LogP contribution in [0.25, 0.3) is 0 Å². The lowest BCUT2D eigenvalue weighted by atomic mass is 10.0. The molecule has 7 nitrogen and oxygen atoms in total. The fourth-order valence-electron chi connectivity index (χ4n) is 5.37. The van der Waals surface area contributed by atoms with Gasteiger partial charge in [0.05, 0.1) is 12.3 Å². The Labute approximate surface area is 259 Å². The SMILES string of the molecule is CCCCCCCCCCCCCCCc1cccc(OC(CC)C(=O)Nc2ccc(N3N=C(OCC)CC3=O)cc2)c1. The first-order valence-electron chi connectivity index (χ1n) is 16.7. The van der Waals surface area contributed by atoms with Crippen LogP contribution in [0.5, 0.6) is 5.75 Å². The molecular formula is C36H53N3O4. The number of hydrogen-bond donors (Lipinski definition) is 1. The predicted molar refractivity (Wildman–Crippen MR) is 177 cm³/mol. The van der Waals surface area contributed by atoms with Gasteiger partial charge >= 0.3 is 0 Å². The van der Waals surface area contributed by atoms with Crippen molar-refractivity contribution in [3.63, 3.8) is 0 Å². The quantitative estimate of drug-likeness (QED) is 0.147. The average molecular weight is 592 g/mol. The summed E-state index contributed by atoms with van der Waals surface area (Å²) in [6.07, 6.45) is 18.7. The molecule has 0 bridgehead atoms. The molecule has 2 aromatic rings. The Morgan fingerprint density at radius 3 is 2.09 bits per heavy atom. The minimum Gasteiger partial charge on any atom is -0.481 e. The number of rotatable bonds is 21. The average Bonchev–Trinajstić information content (AvgIpc) is 3.38. The second-order valence-electron chi connectivity index (χ2n) is 11.5. The Bertz CT molecular complexity index is 1130. The van der Waals surface area contributed by atoms with Gasteiger partial charge in [-0.15, -0.1) is 5.10 Å². The van der Waals surface area contributed by atoms with Gasteiger partial charge in [-0.3, -0.25) is 9.59 Å². The van der Waals surface area contributed by atoms with Crippen LogP contribution in [0, 0.1) is 0 Å². The lowest BCUT2D eigenvalue weighted by Crippen LogP contribution is -2.32. The highest BCUT2D eigenvalue weighted by atomic mass is 16.5. The number of benzene rings is 2. The van der Waals surface area contributed by atoms with Crippen LogP contribution in [0.2, 0.25) is 0 Å². The van der Waals surface area contributed by atoms with E-state index in [1.54, 1.807) is 24.3 Å². The van der Waals surface area contributed by atoms with E-state index in [4.69, 9.17) is 9.47 Å². The molecule has 0 aliphatic carbocycles. The fraction of sp³-hybridized carbons (Fsp3) is 0.583. The van der Waals surface area contributed by atoms with Crippen LogP contribution in [0.3, 0.4) is 0 Å². The van der Waals surface area contributed by atoms with Crippen LogP contribution in [0.4, 0.5) is 11.4 Å². The number of nitrogens with one attached hydrogen (secondary N) is 1. The summed E-state index contributed by atoms with van der Waals surface area (Å²) in [7, 11) is 0. The summed E-state index contributed by atoms with van der Waals surface area (Å²) < 4.78 is 11.5. The van der Waals surface area contributed by atoms with E-state index < -0.39 is 6.10 Å². The maximum atomic E-state index is 13.0. The van der Waals surface area contributed by atoms with Crippen LogP contribution in [0.1, 0.15) is 123 Å². The Morgan fingerprint density at radius 1 is 0.860 bits per heavy atom. The van der Waals surface area contributed by atoms with Gasteiger partial charge in [0.25, 0.3) is 11.8 Å². The summed E-state index contributed by atoms with van der Waals surface area (Å²) in [5.41, 5.74) is 2.51. The summed E-state index contributed by atoms with van der Waals surface area (Å²) in [6.45, 7) is 6.54. The molecule has 3 rings (SSSR count). The molecule has 0 fully saturated rings. The van der Waals surface area contributed by atoms with Crippen LogP contribution in [-0.4, -0.2) is 30.4 Å². The van der Waals surface area contributed by atoms with Crippen molar-refractivity contribution in [2.75, 3.05) is 16.9 Å². The van der Waals surface area contributed by atoms with Crippen molar-refractivity contribution in [2.45, 2.75) is 130 Å². The summed E-state index contributed by atoms with van der Waals surface area (Å²) in [5, 5.41) is 8.51. The molecule has 2 amide bonds. The number of hydrogen-bond acceptors (Lipinski definition) is 5. The first-order chi connectivity index (χ1) is 21.0. The van der Waals surface area contributed by atoms with E-state index in [0.717, 1.165) is 12.2 Å². The number of aryl methyl sites for hydroxylation is 1. The van der Waals surface area contributed by atoms with Gasteiger partial charge in [-0.1, -0.05) is 103 Å². The van der Waals surface area contributed by atoms with Crippen molar-refractivity contribution in [3.05, 3.63) is 54.1 Å². The molecule has 7 heteroatoms. The third kappa shape index (κ3) is 12.4. The lowest BCUT2D eigenvalue weighted by molar-refractivity contribution is -0.122. The number of hydrazone groups is 1. The smallest absolute Gasteiger partial charge is 0.265 e. The molecule has 0 saturated heterocycles. The molecule has 236 valence electrons. The van der Waals surface area contributed by atoms with Crippen molar-refractivity contribution in [3.8, 4) is 5.75 Å². The molecule has 2 aromatic carbocycles. The molecule has 0 radical (unpaired) electrons. The lowest BCUT2D eigenvalue weighted by Gasteiger charge is -2.18. The molecule has 0 spiro atoms. The van der Waals surface area contributed by atoms with Crippen LogP contribution >= 0.6 is 0 Å². The number of carbonyl (C=O) groups is 2. The molecule has 1 aliphatic heterocycles. The standard InChI is InChI=1S/C36H53N3O4/c1-4-7-8-9-10-11-12-13-14-15-16-17-18-20-29-21-19-22-32(27-29)43-33(5-2)36(41)37-30-23-25-31(26-24-30)39-35(40)28-34(38-39)42-6-3/h19,21-27,33H,4-18,20,28H2,1-3H3,(H,37,41). The highest BCUT2D eigenvalue weighted by Gasteiger charge is 2.26.